The number of hydrogen-bond acceptors (Lipinski definition) is 4. The van der Waals surface area contributed by atoms with E-state index in [-0.39, 0.29) is 6.04 Å². The van der Waals surface area contributed by atoms with E-state index in [1.807, 2.05) is 11.8 Å². The zero-order valence-electron chi connectivity index (χ0n) is 17.4. The Morgan fingerprint density at radius 1 is 0.821 bits per heavy atom. The van der Waals surface area contributed by atoms with Gasteiger partial charge >= 0.3 is 5.17 Å². The number of amidine groups is 1. The van der Waals surface area contributed by atoms with E-state index in [2.05, 4.69) is 96.0 Å². The Morgan fingerprint density at radius 2 is 1.36 bits per heavy atom. The normalized spacial score (nSPS) is 16.5. The minimum atomic E-state index is 0.260. The van der Waals surface area contributed by atoms with Crippen LogP contribution < -0.4 is 9.80 Å². The molecule has 0 fully saturated rings. The Morgan fingerprint density at radius 3 is 1.86 bits per heavy atom. The lowest BCUT2D eigenvalue weighted by Crippen LogP contribution is -2.42. The molecule has 0 atom stereocenters. The van der Waals surface area contributed by atoms with Crippen LogP contribution in [0.1, 0.15) is 23.6 Å². The lowest BCUT2D eigenvalue weighted by Gasteiger charge is -2.31. The fourth-order valence-electron chi connectivity index (χ4n) is 4.14. The molecule has 0 unspecified atom stereocenters. The molecule has 0 spiro atoms. The lowest BCUT2D eigenvalue weighted by atomic mass is 9.96. The summed E-state index contributed by atoms with van der Waals surface area (Å²) in [7, 11) is 8.39. The van der Waals surface area contributed by atoms with Gasteiger partial charge in [0.1, 0.15) is 6.04 Å². The van der Waals surface area contributed by atoms with Gasteiger partial charge in [0, 0.05) is 62.9 Å². The van der Waals surface area contributed by atoms with Crippen LogP contribution in [0, 0.1) is 0 Å². The van der Waals surface area contributed by atoms with Crippen LogP contribution in [-0.4, -0.2) is 68.2 Å². The van der Waals surface area contributed by atoms with Crippen LogP contribution in [0.25, 0.3) is 0 Å². The van der Waals surface area contributed by atoms with Crippen molar-refractivity contribution in [2.24, 2.45) is 0 Å². The molecule has 4 nitrogen and oxygen atoms in total. The Kier molecular flexibility index (Phi) is 5.54. The lowest BCUT2D eigenvalue weighted by molar-refractivity contribution is -0.528. The van der Waals surface area contributed by atoms with Gasteiger partial charge in [-0.1, -0.05) is 24.3 Å². The van der Waals surface area contributed by atoms with E-state index in [0.29, 0.717) is 0 Å². The van der Waals surface area contributed by atoms with E-state index in [4.69, 9.17) is 0 Å². The van der Waals surface area contributed by atoms with E-state index in [1.165, 1.54) is 52.9 Å². The van der Waals surface area contributed by atoms with Crippen LogP contribution in [-0.2, 0) is 0 Å². The predicted molar refractivity (Wildman–Crippen MR) is 122 cm³/mol. The minimum absolute atomic E-state index is 0.260. The smallest absolute Gasteiger partial charge is 0.309 e. The summed E-state index contributed by atoms with van der Waals surface area (Å²) in [6.07, 6.45) is 1.23. The van der Waals surface area contributed by atoms with Crippen molar-refractivity contribution in [3.05, 3.63) is 59.7 Å². The summed E-state index contributed by atoms with van der Waals surface area (Å²) < 4.78 is 2.57. The second-order valence-electron chi connectivity index (χ2n) is 8.04. The Balaban J connectivity index is 1.75. The molecule has 0 amide bonds. The molecule has 28 heavy (non-hydrogen) atoms. The number of thioether (sulfide) groups is 1. The van der Waals surface area contributed by atoms with Crippen molar-refractivity contribution in [1.29, 1.82) is 0 Å². The highest BCUT2D eigenvalue weighted by molar-refractivity contribution is 8.13. The van der Waals surface area contributed by atoms with Gasteiger partial charge in [-0.05, 0) is 36.0 Å². The van der Waals surface area contributed by atoms with Crippen LogP contribution in [0.3, 0.4) is 0 Å². The third-order valence-electron chi connectivity index (χ3n) is 5.70. The fourth-order valence-corrected chi connectivity index (χ4v) is 5.36. The van der Waals surface area contributed by atoms with Crippen molar-refractivity contribution in [3.8, 4) is 0 Å². The average Bonchev–Trinajstić information content (AvgIpc) is 3.19. The number of benzene rings is 2. The van der Waals surface area contributed by atoms with Crippen molar-refractivity contribution in [2.75, 3.05) is 63.4 Å². The monoisotopic (exact) mass is 395 g/mol. The second-order valence-corrected chi connectivity index (χ2v) is 9.10. The van der Waals surface area contributed by atoms with Gasteiger partial charge in [0.2, 0.25) is 0 Å². The predicted octanol–water partition coefficient (Wildman–Crippen LogP) is 3.73. The average molecular weight is 396 g/mol. The summed E-state index contributed by atoms with van der Waals surface area (Å²) in [6, 6.07) is 18.4. The van der Waals surface area contributed by atoms with Crippen LogP contribution >= 0.6 is 11.8 Å². The Bertz CT molecular complexity index is 788. The standard InChI is InChI=1S/C23H31N4S/c1-24(2)20-10-6-18(7-11-20)22(19-8-12-21(13-9-19)25(3)4)27-15-5-14-26-16-17-28-23(26)27/h6-13,22H,5,14-17H2,1-4H3/q+1. The van der Waals surface area contributed by atoms with E-state index in [1.54, 1.807) is 0 Å². The van der Waals surface area contributed by atoms with E-state index in [9.17, 15) is 0 Å². The van der Waals surface area contributed by atoms with Gasteiger partial charge in [0.25, 0.3) is 0 Å². The SMILES string of the molecule is CN(C)c1ccc(C(c2ccc(N(C)C)cc2)N2CCC[N+]3=C2SCC3)cc1. The molecule has 0 aliphatic carbocycles. The summed E-state index contributed by atoms with van der Waals surface area (Å²) in [6.45, 7) is 3.50. The molecule has 0 radical (unpaired) electrons. The number of nitrogens with zero attached hydrogens (tertiary/aromatic N) is 4. The summed E-state index contributed by atoms with van der Waals surface area (Å²) >= 11 is 2.02. The molecule has 0 saturated heterocycles. The molecule has 5 heteroatoms. The van der Waals surface area contributed by atoms with E-state index in [0.717, 1.165) is 6.54 Å². The van der Waals surface area contributed by atoms with Gasteiger partial charge < -0.3 is 9.80 Å². The number of hydrogen-bond donors (Lipinski definition) is 0. The Hall–Kier alpha value is -2.14. The summed E-state index contributed by atoms with van der Waals surface area (Å²) in [5.74, 6) is 1.21. The third kappa shape index (κ3) is 3.72. The molecule has 4 rings (SSSR count). The molecule has 0 bridgehead atoms. The molecule has 2 aromatic carbocycles. The molecule has 2 aromatic rings. The first-order valence-corrected chi connectivity index (χ1v) is 11.1. The highest BCUT2D eigenvalue weighted by Gasteiger charge is 2.38. The number of anilines is 2. The zero-order valence-corrected chi connectivity index (χ0v) is 18.2. The maximum Gasteiger partial charge on any atom is 0.309 e. The molecule has 2 heterocycles. The largest absolute Gasteiger partial charge is 0.378 e. The van der Waals surface area contributed by atoms with Crippen LogP contribution in [0.4, 0.5) is 11.4 Å². The van der Waals surface area contributed by atoms with Crippen molar-refractivity contribution in [2.45, 2.75) is 12.5 Å². The minimum Gasteiger partial charge on any atom is -0.378 e. The zero-order chi connectivity index (χ0) is 19.7. The molecule has 2 aliphatic rings. The quantitative estimate of drug-likeness (QED) is 0.715. The molecular weight excluding hydrogens is 364 g/mol. The second kappa shape index (κ2) is 8.08. The topological polar surface area (TPSA) is 12.7 Å². The molecule has 0 N–H and O–H groups in total. The highest BCUT2D eigenvalue weighted by atomic mass is 32.2. The van der Waals surface area contributed by atoms with Crippen molar-refractivity contribution >= 4 is 28.3 Å². The summed E-state index contributed by atoms with van der Waals surface area (Å²) in [5, 5.41) is 1.46. The van der Waals surface area contributed by atoms with Crippen LogP contribution in [0.5, 0.6) is 0 Å². The van der Waals surface area contributed by atoms with Gasteiger partial charge in [-0.15, -0.1) is 0 Å². The first-order valence-electron chi connectivity index (χ1n) is 10.1. The van der Waals surface area contributed by atoms with Crippen molar-refractivity contribution < 1.29 is 4.58 Å². The molecule has 0 aromatic heterocycles. The van der Waals surface area contributed by atoms with Crippen molar-refractivity contribution in [1.82, 2.24) is 4.90 Å². The van der Waals surface area contributed by atoms with Gasteiger partial charge in [-0.25, -0.2) is 4.90 Å². The van der Waals surface area contributed by atoms with E-state index < -0.39 is 0 Å². The third-order valence-corrected chi connectivity index (χ3v) is 6.84. The summed E-state index contributed by atoms with van der Waals surface area (Å²) in [4.78, 5) is 6.96. The fraction of sp³-hybridized carbons (Fsp3) is 0.435. The van der Waals surface area contributed by atoms with Gasteiger partial charge in [0.15, 0.2) is 0 Å². The Labute approximate surface area is 173 Å². The first-order chi connectivity index (χ1) is 13.5. The maximum atomic E-state index is 2.64. The highest BCUT2D eigenvalue weighted by Crippen LogP contribution is 2.35. The van der Waals surface area contributed by atoms with Gasteiger partial charge in [-0.2, -0.15) is 0 Å². The van der Waals surface area contributed by atoms with Gasteiger partial charge in [0.05, 0.1) is 19.6 Å². The molecule has 2 aliphatic heterocycles. The van der Waals surface area contributed by atoms with Crippen LogP contribution in [0.15, 0.2) is 48.5 Å². The van der Waals surface area contributed by atoms with E-state index >= 15 is 0 Å². The maximum absolute atomic E-state index is 2.64. The molecular formula is C23H31N4S+. The van der Waals surface area contributed by atoms with Crippen LogP contribution in [0.2, 0.25) is 0 Å². The van der Waals surface area contributed by atoms with Crippen molar-refractivity contribution in [3.63, 3.8) is 0 Å². The first kappa shape index (κ1) is 19.2. The summed E-state index contributed by atoms with van der Waals surface area (Å²) in [5.41, 5.74) is 5.22. The number of rotatable bonds is 5. The molecule has 148 valence electrons. The molecule has 0 saturated carbocycles. The van der Waals surface area contributed by atoms with Gasteiger partial charge in [-0.3, -0.25) is 4.58 Å².